The van der Waals surface area contributed by atoms with Gasteiger partial charge in [-0.25, -0.2) is 19.7 Å². The largest absolute Gasteiger partial charge is 0.496 e. The Morgan fingerprint density at radius 3 is 2.15 bits per heavy atom. The maximum Gasteiger partial charge on any atom is 0.332 e. The van der Waals surface area contributed by atoms with Gasteiger partial charge in [0.25, 0.3) is 0 Å². The Labute approximate surface area is 573 Å². The number of unbranched alkanes of at least 4 members (excludes halogenated alkanes) is 4. The molecule has 10 atom stereocenters. The summed E-state index contributed by atoms with van der Waals surface area (Å²) >= 11 is 3.14. The molecule has 5 aliphatic carbocycles. The van der Waals surface area contributed by atoms with Gasteiger partial charge in [0, 0.05) is 75.4 Å². The molecule has 516 valence electrons. The van der Waals surface area contributed by atoms with Crippen LogP contribution in [0.3, 0.4) is 0 Å². The Morgan fingerprint density at radius 2 is 1.48 bits per heavy atom. The van der Waals surface area contributed by atoms with Crippen LogP contribution in [0.25, 0.3) is 43.2 Å². The fraction of sp³-hybridized carbons (Fsp3) is 0.545. The van der Waals surface area contributed by atoms with Gasteiger partial charge < -0.3 is 39.5 Å². The molecule has 2 aromatic carbocycles. The van der Waals surface area contributed by atoms with Crippen molar-refractivity contribution in [3.05, 3.63) is 117 Å². The van der Waals surface area contributed by atoms with Gasteiger partial charge in [-0.15, -0.1) is 35.8 Å². The minimum Gasteiger partial charge on any atom is -0.496 e. The number of ketones is 2. The average molecular weight is 1350 g/mol. The number of aliphatic carboxylic acids is 1. The number of aromatic amines is 1. The summed E-state index contributed by atoms with van der Waals surface area (Å²) in [5.41, 5.74) is 5.36. The van der Waals surface area contributed by atoms with Crippen LogP contribution >= 0.6 is 22.7 Å². The van der Waals surface area contributed by atoms with Gasteiger partial charge >= 0.3 is 11.9 Å². The number of aryl methyl sites for hydroxylation is 2. The number of nitrogens with one attached hydrogen (secondary N) is 2. The molecule has 0 aliphatic heterocycles. The summed E-state index contributed by atoms with van der Waals surface area (Å²) in [5.74, 6) is 0.708. The number of aromatic nitrogens is 4. The standard InChI is InChI=1S/C37H46N2O5S.C23H35NO5.C17H18N2O2S/c1-22(2)30-21-45-35(39-30)29-19-33(27-13-14-32(43-4)23(3)34(27)38-29)44-26-17-24-15-16-37(36(41)42)20-25(37)11-9-7-5-6-8-10-12-31(40)28(24)18-26;1-4-7-8-9-10-11-12-20(26)18-13-17(25)14-19(18)21(27)24-23(15-16(23)5-2)22(28)29-6-3;1-9(2)13-8-22-17(19-13)12-7-14(20)11-5-6-15(21-4)10(3)16(11)18-12/h9,11,13-14,19,21-22,24-26,28H,5-8,10,12,15-18,20H2,1-4H3,(H,41,42);4-5,16-19,25H,1-2,6-15H2,3H3,(H,24,27);5-9H,1-4H3,(H,18,20)/b11-9-;;/t24-,25?,26-,28-,37+;16-,17-,18-,19-,23-;/m11./s1. The second kappa shape index (κ2) is 32.8. The SMILES string of the molecule is C=CCCCCCCC(=O)[C@@H]1C[C@@H](O)C[C@H]1C(=O)N[C@]1(C(=O)OCC)C[C@H]1C=C.COc1ccc2c(=O)cc(-c3nc(C(C)C)cs3)[nH]c2c1C.COc1ccc2c(O[C@@H]3C[C@H]4CC[C@]5(C(=O)O)CC5/C=C\CCCCCCC(=O)[C@@H]4C3)cc(-c3nc(C(C)C)cs3)nc2c1C. The lowest BCUT2D eigenvalue weighted by atomic mass is 9.83. The van der Waals surface area contributed by atoms with Crippen molar-refractivity contribution in [1.82, 2.24) is 25.3 Å². The molecule has 0 spiro atoms. The highest BCUT2D eigenvalue weighted by molar-refractivity contribution is 7.13. The lowest BCUT2D eigenvalue weighted by Crippen LogP contribution is -2.49. The van der Waals surface area contributed by atoms with E-state index in [0.717, 1.165) is 155 Å². The van der Waals surface area contributed by atoms with Gasteiger partial charge in [-0.1, -0.05) is 77.7 Å². The van der Waals surface area contributed by atoms with Crippen molar-refractivity contribution >= 4 is 73.9 Å². The number of Topliss-reactive ketones (excluding diaryl/α,β-unsaturated/α-hetero) is 2. The molecule has 1 amide bonds. The van der Waals surface area contributed by atoms with E-state index in [1.54, 1.807) is 62.0 Å². The monoisotopic (exact) mass is 1350 g/mol. The topological polar surface area (TPSA) is 246 Å². The summed E-state index contributed by atoms with van der Waals surface area (Å²) in [6, 6.07) is 11.2. The lowest BCUT2D eigenvalue weighted by Gasteiger charge is -2.22. The van der Waals surface area contributed by atoms with Gasteiger partial charge in [0.15, 0.2) is 5.43 Å². The van der Waals surface area contributed by atoms with E-state index >= 15 is 0 Å². The minimum atomic E-state index is -1.07. The van der Waals surface area contributed by atoms with Gasteiger partial charge in [-0.05, 0) is 159 Å². The number of rotatable bonds is 22. The number of thiazole rings is 2. The van der Waals surface area contributed by atoms with Crippen molar-refractivity contribution in [2.45, 2.75) is 206 Å². The molecule has 4 aromatic heterocycles. The zero-order chi connectivity index (χ0) is 69.0. The number of allylic oxidation sites excluding steroid dienone is 3. The van der Waals surface area contributed by atoms with Gasteiger partial charge in [0.1, 0.15) is 50.1 Å². The molecule has 17 nitrogen and oxygen atoms in total. The first-order valence-electron chi connectivity index (χ1n) is 34.7. The fourth-order valence-electron chi connectivity index (χ4n) is 14.4. The Morgan fingerprint density at radius 1 is 0.802 bits per heavy atom. The van der Waals surface area contributed by atoms with E-state index in [-0.39, 0.29) is 59.9 Å². The van der Waals surface area contributed by atoms with Crippen molar-refractivity contribution in [2.75, 3.05) is 20.8 Å². The van der Waals surface area contributed by atoms with Crippen LogP contribution in [0.5, 0.6) is 17.2 Å². The zero-order valence-corrected chi connectivity index (χ0v) is 59.2. The third-order valence-corrected chi connectivity index (χ3v) is 22.2. The van der Waals surface area contributed by atoms with E-state index in [0.29, 0.717) is 68.0 Å². The maximum absolute atomic E-state index is 13.6. The molecule has 5 aliphatic rings. The number of aliphatic hydroxyl groups excluding tert-OH is 1. The number of fused-ring (bicyclic) bond motifs is 4. The molecule has 6 aromatic rings. The minimum absolute atomic E-state index is 0.00389. The smallest absolute Gasteiger partial charge is 0.332 e. The summed E-state index contributed by atoms with van der Waals surface area (Å²) < 4.78 is 22.9. The van der Waals surface area contributed by atoms with Crippen LogP contribution in [0.15, 0.2) is 89.4 Å². The van der Waals surface area contributed by atoms with E-state index in [1.807, 2.05) is 49.6 Å². The summed E-state index contributed by atoms with van der Waals surface area (Å²) in [5, 5.41) is 30.5. The van der Waals surface area contributed by atoms with E-state index in [2.05, 4.69) is 73.7 Å². The van der Waals surface area contributed by atoms with Crippen molar-refractivity contribution in [1.29, 1.82) is 0 Å². The van der Waals surface area contributed by atoms with Crippen LogP contribution in [-0.4, -0.2) is 98.1 Å². The molecule has 4 fully saturated rings. The first-order chi connectivity index (χ1) is 46.1. The number of benzene rings is 2. The second-order valence-corrected chi connectivity index (χ2v) is 29.3. The second-order valence-electron chi connectivity index (χ2n) is 27.6. The lowest BCUT2D eigenvalue weighted by molar-refractivity contribution is -0.150. The number of esters is 1. The summed E-state index contributed by atoms with van der Waals surface area (Å²) in [4.78, 5) is 94.4. The molecule has 96 heavy (non-hydrogen) atoms. The number of carbonyl (C=O) groups excluding carboxylic acids is 4. The van der Waals surface area contributed by atoms with Crippen LogP contribution in [0.1, 0.15) is 197 Å². The van der Waals surface area contributed by atoms with Gasteiger partial charge in [0.05, 0.1) is 72.5 Å². The van der Waals surface area contributed by atoms with E-state index in [1.165, 1.54) is 0 Å². The predicted octanol–water partition coefficient (Wildman–Crippen LogP) is 16.1. The normalized spacial score (nSPS) is 25.0. The number of hydrogen-bond acceptors (Lipinski definition) is 16. The van der Waals surface area contributed by atoms with Crippen LogP contribution in [0.2, 0.25) is 0 Å². The predicted molar refractivity (Wildman–Crippen MR) is 380 cm³/mol. The van der Waals surface area contributed by atoms with Gasteiger partial charge in [-0.2, -0.15) is 0 Å². The molecule has 0 bridgehead atoms. The number of carboxylic acid groups (broad SMARTS) is 1. The first-order valence-corrected chi connectivity index (χ1v) is 36.5. The molecule has 4 heterocycles. The quantitative estimate of drug-likeness (QED) is 0.0280. The maximum atomic E-state index is 13.6. The Balaban J connectivity index is 0.000000182. The highest BCUT2D eigenvalue weighted by Gasteiger charge is 2.62. The molecule has 4 N–H and O–H groups in total. The average Bonchev–Trinajstić information content (AvgIpc) is 1.65. The third kappa shape index (κ3) is 17.0. The number of amides is 1. The van der Waals surface area contributed by atoms with E-state index in [9.17, 15) is 39.0 Å². The van der Waals surface area contributed by atoms with Crippen LogP contribution in [-0.2, 0) is 28.7 Å². The molecular weight excluding hydrogens is 1250 g/mol. The van der Waals surface area contributed by atoms with Crippen molar-refractivity contribution in [3.8, 4) is 38.7 Å². The number of carbonyl (C=O) groups is 5. The summed E-state index contributed by atoms with van der Waals surface area (Å²) in [6.45, 7) is 21.8. The molecule has 4 saturated carbocycles. The van der Waals surface area contributed by atoms with Gasteiger partial charge in [-0.3, -0.25) is 24.0 Å². The van der Waals surface area contributed by atoms with Crippen LogP contribution in [0, 0.1) is 54.8 Å². The third-order valence-electron chi connectivity index (χ3n) is 20.4. The number of ether oxygens (including phenoxy) is 4. The molecule has 11 rings (SSSR count). The fourth-order valence-corrected chi connectivity index (χ4v) is 16.3. The number of hydrogen-bond donors (Lipinski definition) is 4. The van der Waals surface area contributed by atoms with E-state index in [4.69, 9.17) is 28.9 Å². The Hall–Kier alpha value is -7.35. The molecule has 19 heteroatoms. The molecule has 1 unspecified atom stereocenters. The number of pyridine rings is 2. The molecular formula is C77H99N5O12S2. The van der Waals surface area contributed by atoms with Crippen LogP contribution < -0.4 is 25.0 Å². The first kappa shape index (κ1) is 72.9. The van der Waals surface area contributed by atoms with Crippen LogP contribution in [0.4, 0.5) is 0 Å². The summed E-state index contributed by atoms with van der Waals surface area (Å²) in [7, 11) is 3.30. The van der Waals surface area contributed by atoms with Crippen molar-refractivity contribution < 1.29 is 53.1 Å². The Kier molecular flexibility index (Phi) is 24.9. The number of carboxylic acids is 1. The van der Waals surface area contributed by atoms with Crippen molar-refractivity contribution in [3.63, 3.8) is 0 Å². The molecule has 0 saturated heterocycles. The molecule has 0 radical (unpaired) electrons. The number of nitrogens with zero attached hydrogens (tertiary/aromatic N) is 3. The zero-order valence-electron chi connectivity index (χ0n) is 57.6. The Bertz CT molecular complexity index is 3870. The highest BCUT2D eigenvalue weighted by atomic mass is 32.1. The highest BCUT2D eigenvalue weighted by Crippen LogP contribution is 2.58. The number of aliphatic hydroxyl groups is 1. The number of methoxy groups -OCH3 is 2. The van der Waals surface area contributed by atoms with E-state index < -0.39 is 40.8 Å². The number of H-pyrrole nitrogens is 1. The van der Waals surface area contributed by atoms with Crippen molar-refractivity contribution in [2.24, 2.45) is 40.9 Å². The summed E-state index contributed by atoms with van der Waals surface area (Å²) in [6.07, 6.45) is 22.6. The van der Waals surface area contributed by atoms with Gasteiger partial charge in [0.2, 0.25) is 5.91 Å².